The first-order valence-electron chi connectivity index (χ1n) is 8.45. The van der Waals surface area contributed by atoms with Gasteiger partial charge in [0, 0.05) is 36.4 Å². The summed E-state index contributed by atoms with van der Waals surface area (Å²) in [4.78, 5) is 4.48. The van der Waals surface area contributed by atoms with Crippen LogP contribution < -0.4 is 5.32 Å². The number of nitrogens with one attached hydrogen (secondary N) is 1. The highest BCUT2D eigenvalue weighted by Gasteiger charge is 2.33. The maximum Gasteiger partial charge on any atom is 0.240 e. The van der Waals surface area contributed by atoms with Gasteiger partial charge < -0.3 is 14.6 Å². The summed E-state index contributed by atoms with van der Waals surface area (Å²) in [7, 11) is 1.97. The summed E-state index contributed by atoms with van der Waals surface area (Å²) in [6.07, 6.45) is 0.974. The Bertz CT molecular complexity index is 713. The van der Waals surface area contributed by atoms with Gasteiger partial charge in [-0.05, 0) is 20.3 Å². The third kappa shape index (κ3) is 3.23. The molecule has 0 saturated carbocycles. The second-order valence-electron chi connectivity index (χ2n) is 7.54. The van der Waals surface area contributed by atoms with Crippen LogP contribution in [-0.2, 0) is 23.7 Å². The third-order valence-electron chi connectivity index (χ3n) is 4.60. The van der Waals surface area contributed by atoms with Gasteiger partial charge in [-0.1, -0.05) is 25.9 Å². The highest BCUT2D eigenvalue weighted by molar-refractivity contribution is 5.29. The Labute approximate surface area is 142 Å². The molecule has 1 aliphatic heterocycles. The SMILES string of the molecule is Cc1nn(C)c(C)c1[C@H]1OCC[C@@H]1NCc1nc(C(C)(C)C)no1. The van der Waals surface area contributed by atoms with Gasteiger partial charge in [-0.2, -0.15) is 10.1 Å². The average molecular weight is 333 g/mol. The lowest BCUT2D eigenvalue weighted by Crippen LogP contribution is -2.32. The van der Waals surface area contributed by atoms with Crippen LogP contribution in [0.3, 0.4) is 0 Å². The quantitative estimate of drug-likeness (QED) is 0.925. The molecule has 0 aromatic carbocycles. The number of nitrogens with zero attached hydrogens (tertiary/aromatic N) is 4. The molecule has 0 amide bonds. The van der Waals surface area contributed by atoms with E-state index in [0.29, 0.717) is 12.4 Å². The van der Waals surface area contributed by atoms with E-state index in [4.69, 9.17) is 9.26 Å². The summed E-state index contributed by atoms with van der Waals surface area (Å²) in [6, 6.07) is 0.219. The van der Waals surface area contributed by atoms with Gasteiger partial charge in [0.05, 0.1) is 12.2 Å². The van der Waals surface area contributed by atoms with E-state index in [2.05, 4.69) is 48.3 Å². The molecule has 0 bridgehead atoms. The van der Waals surface area contributed by atoms with Gasteiger partial charge in [-0.25, -0.2) is 0 Å². The number of aryl methyl sites for hydroxylation is 2. The molecule has 132 valence electrons. The molecule has 1 fully saturated rings. The van der Waals surface area contributed by atoms with Crippen molar-refractivity contribution in [1.82, 2.24) is 25.2 Å². The molecule has 1 saturated heterocycles. The number of rotatable bonds is 4. The molecule has 2 atom stereocenters. The first kappa shape index (κ1) is 17.1. The van der Waals surface area contributed by atoms with E-state index in [1.165, 1.54) is 5.56 Å². The summed E-state index contributed by atoms with van der Waals surface area (Å²) in [6.45, 7) is 11.6. The molecule has 24 heavy (non-hydrogen) atoms. The molecule has 0 spiro atoms. The lowest BCUT2D eigenvalue weighted by molar-refractivity contribution is 0.0968. The van der Waals surface area contributed by atoms with Crippen LogP contribution in [0.15, 0.2) is 4.52 Å². The van der Waals surface area contributed by atoms with Crippen LogP contribution in [0.1, 0.15) is 62.0 Å². The van der Waals surface area contributed by atoms with E-state index in [0.717, 1.165) is 30.2 Å². The fourth-order valence-corrected chi connectivity index (χ4v) is 3.13. The lowest BCUT2D eigenvalue weighted by atomic mass is 9.96. The van der Waals surface area contributed by atoms with Crippen LogP contribution in [0.4, 0.5) is 0 Å². The summed E-state index contributed by atoms with van der Waals surface area (Å²) < 4.78 is 13.3. The molecule has 7 heteroatoms. The Morgan fingerprint density at radius 2 is 2.04 bits per heavy atom. The Balaban J connectivity index is 1.69. The molecule has 7 nitrogen and oxygen atoms in total. The van der Waals surface area contributed by atoms with Crippen molar-refractivity contribution >= 4 is 0 Å². The summed E-state index contributed by atoms with van der Waals surface area (Å²) in [5.74, 6) is 1.35. The van der Waals surface area contributed by atoms with Crippen molar-refractivity contribution in [3.63, 3.8) is 0 Å². The minimum absolute atomic E-state index is 0.0173. The van der Waals surface area contributed by atoms with Crippen LogP contribution in [-0.4, -0.2) is 32.6 Å². The average Bonchev–Trinajstić information content (AvgIpc) is 3.17. The molecule has 3 heterocycles. The maximum atomic E-state index is 5.99. The molecule has 2 aromatic heterocycles. The van der Waals surface area contributed by atoms with Crippen molar-refractivity contribution in [3.05, 3.63) is 28.7 Å². The number of hydrogen-bond acceptors (Lipinski definition) is 6. The Kier molecular flexibility index (Phi) is 4.48. The molecule has 0 unspecified atom stereocenters. The van der Waals surface area contributed by atoms with E-state index in [-0.39, 0.29) is 17.6 Å². The lowest BCUT2D eigenvalue weighted by Gasteiger charge is -2.20. The topological polar surface area (TPSA) is 78.0 Å². The van der Waals surface area contributed by atoms with Crippen molar-refractivity contribution in [2.75, 3.05) is 6.61 Å². The second-order valence-corrected chi connectivity index (χ2v) is 7.54. The van der Waals surface area contributed by atoms with Gasteiger partial charge in [-0.15, -0.1) is 0 Å². The summed E-state index contributed by atoms with van der Waals surface area (Å²) in [5.41, 5.74) is 3.26. The molecule has 0 aliphatic carbocycles. The van der Waals surface area contributed by atoms with Crippen molar-refractivity contribution < 1.29 is 9.26 Å². The molecule has 3 rings (SSSR count). The predicted molar refractivity (Wildman–Crippen MR) is 89.6 cm³/mol. The Hall–Kier alpha value is -1.73. The predicted octanol–water partition coefficient (Wildman–Crippen LogP) is 2.34. The van der Waals surface area contributed by atoms with Crippen LogP contribution in [0.2, 0.25) is 0 Å². The normalized spacial score (nSPS) is 21.6. The second kappa shape index (κ2) is 6.29. The highest BCUT2D eigenvalue weighted by Crippen LogP contribution is 2.33. The minimum Gasteiger partial charge on any atom is -0.372 e. The molecular weight excluding hydrogens is 306 g/mol. The van der Waals surface area contributed by atoms with E-state index in [9.17, 15) is 0 Å². The van der Waals surface area contributed by atoms with E-state index < -0.39 is 0 Å². The smallest absolute Gasteiger partial charge is 0.240 e. The Morgan fingerprint density at radius 1 is 1.29 bits per heavy atom. The van der Waals surface area contributed by atoms with Crippen LogP contribution in [0, 0.1) is 13.8 Å². The first-order valence-corrected chi connectivity index (χ1v) is 8.45. The van der Waals surface area contributed by atoms with Crippen molar-refractivity contribution in [2.45, 2.75) is 65.1 Å². The van der Waals surface area contributed by atoms with Gasteiger partial charge in [0.1, 0.15) is 6.10 Å². The zero-order valence-electron chi connectivity index (χ0n) is 15.4. The summed E-state index contributed by atoms with van der Waals surface area (Å²) in [5, 5.41) is 12.1. The highest BCUT2D eigenvalue weighted by atomic mass is 16.5. The number of ether oxygens (including phenoxy) is 1. The van der Waals surface area contributed by atoms with Crippen molar-refractivity contribution in [1.29, 1.82) is 0 Å². The number of aromatic nitrogens is 4. The minimum atomic E-state index is -0.106. The van der Waals surface area contributed by atoms with Gasteiger partial charge in [-0.3, -0.25) is 4.68 Å². The van der Waals surface area contributed by atoms with E-state index >= 15 is 0 Å². The largest absolute Gasteiger partial charge is 0.372 e. The van der Waals surface area contributed by atoms with Crippen LogP contribution >= 0.6 is 0 Å². The fraction of sp³-hybridized carbons (Fsp3) is 0.706. The zero-order valence-corrected chi connectivity index (χ0v) is 15.4. The van der Waals surface area contributed by atoms with Gasteiger partial charge >= 0.3 is 0 Å². The Morgan fingerprint density at radius 3 is 2.62 bits per heavy atom. The standard InChI is InChI=1S/C17H27N5O2/c1-10-14(11(2)22(6)20-10)15-12(7-8-23-15)18-9-13-19-16(21-24-13)17(3,4)5/h12,15,18H,7-9H2,1-6H3/t12-,15-/m0/s1. The number of hydrogen-bond donors (Lipinski definition) is 1. The third-order valence-corrected chi connectivity index (χ3v) is 4.60. The monoisotopic (exact) mass is 333 g/mol. The van der Waals surface area contributed by atoms with E-state index in [1.54, 1.807) is 0 Å². The summed E-state index contributed by atoms with van der Waals surface area (Å²) >= 11 is 0. The molecule has 2 aromatic rings. The van der Waals surface area contributed by atoms with E-state index in [1.807, 2.05) is 18.7 Å². The van der Waals surface area contributed by atoms with Gasteiger partial charge in [0.15, 0.2) is 5.82 Å². The van der Waals surface area contributed by atoms with Crippen molar-refractivity contribution in [2.24, 2.45) is 7.05 Å². The fourth-order valence-electron chi connectivity index (χ4n) is 3.13. The first-order chi connectivity index (χ1) is 11.3. The van der Waals surface area contributed by atoms with Crippen LogP contribution in [0.25, 0.3) is 0 Å². The molecule has 1 N–H and O–H groups in total. The zero-order chi connectivity index (χ0) is 17.5. The van der Waals surface area contributed by atoms with Gasteiger partial charge in [0.25, 0.3) is 0 Å². The van der Waals surface area contributed by atoms with Crippen molar-refractivity contribution in [3.8, 4) is 0 Å². The molecular formula is C17H27N5O2. The van der Waals surface area contributed by atoms with Crippen LogP contribution in [0.5, 0.6) is 0 Å². The maximum absolute atomic E-state index is 5.99. The molecule has 1 aliphatic rings. The molecule has 0 radical (unpaired) electrons. The van der Waals surface area contributed by atoms with Gasteiger partial charge in [0.2, 0.25) is 5.89 Å².